The zero-order valence-electron chi connectivity index (χ0n) is 18.4. The first kappa shape index (κ1) is 22.4. The van der Waals surface area contributed by atoms with Gasteiger partial charge in [-0.1, -0.05) is 42.5 Å². The van der Waals surface area contributed by atoms with Gasteiger partial charge in [-0.3, -0.25) is 9.48 Å². The van der Waals surface area contributed by atoms with Crippen molar-refractivity contribution in [1.29, 1.82) is 0 Å². The smallest absolute Gasteiger partial charge is 0.321 e. The standard InChI is InChI=1S/C23H24F2N6O2/c1-4-18(27-22(32)23(2,24)25)21(15-8-6-5-7-9-15)33-17-10-11-19-16(12-17)13-26-31(19)20-14-30(3)29-28-20/h5-14,18,21H,4H2,1-3H3,(H,27,32)/t18-,21+/m0/s1. The highest BCUT2D eigenvalue weighted by molar-refractivity contribution is 5.83. The highest BCUT2D eigenvalue weighted by atomic mass is 19.3. The third-order valence-corrected chi connectivity index (χ3v) is 5.26. The summed E-state index contributed by atoms with van der Waals surface area (Å²) in [7, 11) is 1.77. The number of fused-ring (bicyclic) bond motifs is 1. The summed E-state index contributed by atoms with van der Waals surface area (Å²) in [5.41, 5.74) is 1.57. The first-order valence-electron chi connectivity index (χ1n) is 10.5. The molecule has 0 aliphatic carbocycles. The lowest BCUT2D eigenvalue weighted by Crippen LogP contribution is -2.47. The SMILES string of the molecule is CC[C@H](NC(=O)C(C)(F)F)[C@H](Oc1ccc2c(cnn2-c2cn(C)nn2)c1)c1ccccc1. The average molecular weight is 454 g/mol. The van der Waals surface area contributed by atoms with Gasteiger partial charge >= 0.3 is 5.92 Å². The van der Waals surface area contributed by atoms with Gasteiger partial charge in [0.25, 0.3) is 5.91 Å². The summed E-state index contributed by atoms with van der Waals surface area (Å²) in [6.45, 7) is 2.39. The Morgan fingerprint density at radius 3 is 2.61 bits per heavy atom. The quantitative estimate of drug-likeness (QED) is 0.437. The Morgan fingerprint density at radius 2 is 1.97 bits per heavy atom. The molecule has 0 fully saturated rings. The molecule has 172 valence electrons. The third kappa shape index (κ3) is 4.84. The van der Waals surface area contributed by atoms with Crippen molar-refractivity contribution in [2.75, 3.05) is 0 Å². The van der Waals surface area contributed by atoms with Crippen molar-refractivity contribution in [3.63, 3.8) is 0 Å². The lowest BCUT2D eigenvalue weighted by molar-refractivity contribution is -0.144. The normalized spacial score (nSPS) is 13.6. The van der Waals surface area contributed by atoms with Crippen molar-refractivity contribution in [2.24, 2.45) is 7.05 Å². The van der Waals surface area contributed by atoms with Gasteiger partial charge in [0.05, 0.1) is 24.0 Å². The number of benzene rings is 2. The Labute approximate surface area is 189 Å². The number of aromatic nitrogens is 5. The number of rotatable bonds is 8. The van der Waals surface area contributed by atoms with E-state index in [0.717, 1.165) is 16.5 Å². The largest absolute Gasteiger partial charge is 0.484 e. The number of nitrogens with one attached hydrogen (secondary N) is 1. The van der Waals surface area contributed by atoms with Gasteiger partial charge in [0.15, 0.2) is 5.82 Å². The lowest BCUT2D eigenvalue weighted by Gasteiger charge is -2.29. The molecule has 0 bridgehead atoms. The molecule has 0 aliphatic rings. The Bertz CT molecular complexity index is 1250. The molecule has 2 atom stereocenters. The second-order valence-electron chi connectivity index (χ2n) is 7.85. The molecule has 0 radical (unpaired) electrons. The van der Waals surface area contributed by atoms with Gasteiger partial charge in [-0.15, -0.1) is 5.10 Å². The molecule has 1 N–H and O–H groups in total. The van der Waals surface area contributed by atoms with E-state index in [-0.39, 0.29) is 0 Å². The molecule has 33 heavy (non-hydrogen) atoms. The Morgan fingerprint density at radius 1 is 1.21 bits per heavy atom. The topological polar surface area (TPSA) is 86.9 Å². The molecule has 2 aromatic carbocycles. The van der Waals surface area contributed by atoms with E-state index in [9.17, 15) is 13.6 Å². The summed E-state index contributed by atoms with van der Waals surface area (Å²) in [5, 5.41) is 15.6. The van der Waals surface area contributed by atoms with Gasteiger partial charge in [0.1, 0.15) is 11.9 Å². The molecule has 10 heteroatoms. The predicted molar refractivity (Wildman–Crippen MR) is 118 cm³/mol. The summed E-state index contributed by atoms with van der Waals surface area (Å²) >= 11 is 0. The summed E-state index contributed by atoms with van der Waals surface area (Å²) in [5.74, 6) is -3.72. The second-order valence-corrected chi connectivity index (χ2v) is 7.85. The molecule has 0 unspecified atom stereocenters. The minimum atomic E-state index is -3.48. The van der Waals surface area contributed by atoms with Crippen molar-refractivity contribution in [3.05, 3.63) is 66.5 Å². The van der Waals surface area contributed by atoms with Gasteiger partial charge < -0.3 is 10.1 Å². The van der Waals surface area contributed by atoms with Crippen molar-refractivity contribution in [2.45, 2.75) is 38.3 Å². The van der Waals surface area contributed by atoms with Crippen molar-refractivity contribution < 1.29 is 18.3 Å². The Hall–Kier alpha value is -3.82. The van der Waals surface area contributed by atoms with Crippen molar-refractivity contribution >= 4 is 16.8 Å². The summed E-state index contributed by atoms with van der Waals surface area (Å²) in [6, 6.07) is 14.0. The molecular formula is C23H24F2N6O2. The molecule has 0 saturated heterocycles. The number of hydrogen-bond donors (Lipinski definition) is 1. The zero-order valence-corrected chi connectivity index (χ0v) is 18.4. The molecule has 1 amide bonds. The Kier molecular flexibility index (Phi) is 6.08. The maximum absolute atomic E-state index is 13.6. The van der Waals surface area contributed by atoms with Crippen LogP contribution in [0.5, 0.6) is 5.75 Å². The fourth-order valence-electron chi connectivity index (χ4n) is 3.56. The predicted octanol–water partition coefficient (Wildman–Crippen LogP) is 3.82. The van der Waals surface area contributed by atoms with Crippen LogP contribution in [0.25, 0.3) is 16.7 Å². The first-order valence-corrected chi connectivity index (χ1v) is 10.5. The number of aryl methyl sites for hydroxylation is 1. The Balaban J connectivity index is 1.65. The van der Waals surface area contributed by atoms with E-state index >= 15 is 0 Å². The maximum Gasteiger partial charge on any atom is 0.321 e. The van der Waals surface area contributed by atoms with Crippen LogP contribution in [0.4, 0.5) is 8.78 Å². The summed E-state index contributed by atoms with van der Waals surface area (Å²) < 4.78 is 36.6. The van der Waals surface area contributed by atoms with Crippen LogP contribution < -0.4 is 10.1 Å². The van der Waals surface area contributed by atoms with Gasteiger partial charge in [-0.2, -0.15) is 13.9 Å². The van der Waals surface area contributed by atoms with E-state index in [2.05, 4.69) is 20.7 Å². The van der Waals surface area contributed by atoms with E-state index in [4.69, 9.17) is 4.74 Å². The molecule has 4 aromatic rings. The summed E-state index contributed by atoms with van der Waals surface area (Å²) in [6.07, 6.45) is 3.16. The van der Waals surface area contributed by atoms with Crippen LogP contribution in [0.15, 0.2) is 60.9 Å². The van der Waals surface area contributed by atoms with Crippen molar-refractivity contribution in [3.8, 4) is 11.6 Å². The molecule has 8 nitrogen and oxygen atoms in total. The van der Waals surface area contributed by atoms with Gasteiger partial charge in [-0.05, 0) is 30.2 Å². The molecule has 4 rings (SSSR count). The van der Waals surface area contributed by atoms with Crippen molar-refractivity contribution in [1.82, 2.24) is 30.1 Å². The van der Waals surface area contributed by atoms with E-state index in [1.54, 1.807) is 34.9 Å². The van der Waals surface area contributed by atoms with Crippen LogP contribution in [0.1, 0.15) is 31.9 Å². The average Bonchev–Trinajstić information content (AvgIpc) is 3.41. The van der Waals surface area contributed by atoms with Crippen LogP contribution in [0, 0.1) is 0 Å². The van der Waals surface area contributed by atoms with E-state index in [1.165, 1.54) is 0 Å². The van der Waals surface area contributed by atoms with E-state index in [0.29, 0.717) is 24.9 Å². The number of alkyl halides is 2. The third-order valence-electron chi connectivity index (χ3n) is 5.26. The van der Waals surface area contributed by atoms with Crippen LogP contribution in [-0.4, -0.2) is 42.6 Å². The first-order chi connectivity index (χ1) is 15.8. The van der Waals surface area contributed by atoms with Crippen LogP contribution in [-0.2, 0) is 11.8 Å². The van der Waals surface area contributed by atoms with Crippen LogP contribution in [0.2, 0.25) is 0 Å². The van der Waals surface area contributed by atoms with Gasteiger partial charge in [0.2, 0.25) is 0 Å². The van der Waals surface area contributed by atoms with Crippen LogP contribution >= 0.6 is 0 Å². The number of ether oxygens (including phenoxy) is 1. The second kappa shape index (κ2) is 8.97. The molecule has 0 aliphatic heterocycles. The van der Waals surface area contributed by atoms with Crippen LogP contribution in [0.3, 0.4) is 0 Å². The highest BCUT2D eigenvalue weighted by Gasteiger charge is 2.36. The number of nitrogens with zero attached hydrogens (tertiary/aromatic N) is 5. The monoisotopic (exact) mass is 454 g/mol. The van der Waals surface area contributed by atoms with E-state index < -0.39 is 24.0 Å². The minimum absolute atomic E-state index is 0.397. The fourth-order valence-corrected chi connectivity index (χ4v) is 3.56. The fraction of sp³-hybridized carbons (Fsp3) is 0.304. The minimum Gasteiger partial charge on any atom is -0.484 e. The number of hydrogen-bond acceptors (Lipinski definition) is 5. The van der Waals surface area contributed by atoms with E-state index in [1.807, 2.05) is 49.4 Å². The maximum atomic E-state index is 13.6. The zero-order chi connectivity index (χ0) is 23.6. The molecule has 0 spiro atoms. The summed E-state index contributed by atoms with van der Waals surface area (Å²) in [4.78, 5) is 12.0. The highest BCUT2D eigenvalue weighted by Crippen LogP contribution is 2.30. The lowest BCUT2D eigenvalue weighted by atomic mass is 9.99. The number of halogens is 2. The molecule has 2 heterocycles. The van der Waals surface area contributed by atoms with Gasteiger partial charge in [0, 0.05) is 19.4 Å². The molecule has 2 aromatic heterocycles. The number of carbonyl (C=O) groups is 1. The number of amides is 1. The number of carbonyl (C=O) groups excluding carboxylic acids is 1. The molecular weight excluding hydrogens is 430 g/mol. The molecule has 0 saturated carbocycles. The van der Waals surface area contributed by atoms with Gasteiger partial charge in [-0.25, -0.2) is 4.68 Å².